The number of amides is 1. The van der Waals surface area contributed by atoms with Crippen LogP contribution in [0.1, 0.15) is 34.5 Å². The molecular formula is C16H17BrN2O. The SMILES string of the molecule is Cc1c(N)cccc1C(=O)N[C@H](C)c1ccc(Br)cc1. The molecule has 0 bridgehead atoms. The second-order valence-corrected chi connectivity index (χ2v) is 5.68. The van der Waals surface area contributed by atoms with E-state index < -0.39 is 0 Å². The molecule has 4 heteroatoms. The van der Waals surface area contributed by atoms with Crippen molar-refractivity contribution in [3.63, 3.8) is 0 Å². The third-order valence-corrected chi connectivity index (χ3v) is 3.87. The molecule has 1 atom stereocenters. The van der Waals surface area contributed by atoms with Gasteiger partial charge in [-0.2, -0.15) is 0 Å². The van der Waals surface area contributed by atoms with Crippen LogP contribution < -0.4 is 11.1 Å². The Labute approximate surface area is 127 Å². The van der Waals surface area contributed by atoms with Gasteiger partial charge in [0.1, 0.15) is 0 Å². The molecule has 0 aliphatic rings. The summed E-state index contributed by atoms with van der Waals surface area (Å²) in [5.41, 5.74) is 8.96. The minimum Gasteiger partial charge on any atom is -0.398 e. The minimum absolute atomic E-state index is 0.0589. The van der Waals surface area contributed by atoms with Crippen molar-refractivity contribution >= 4 is 27.5 Å². The first-order valence-electron chi connectivity index (χ1n) is 6.40. The van der Waals surface area contributed by atoms with Crippen molar-refractivity contribution in [1.29, 1.82) is 0 Å². The molecule has 1 amide bonds. The van der Waals surface area contributed by atoms with Crippen LogP contribution in [0.15, 0.2) is 46.9 Å². The number of rotatable bonds is 3. The highest BCUT2D eigenvalue weighted by Gasteiger charge is 2.14. The average molecular weight is 333 g/mol. The van der Waals surface area contributed by atoms with Gasteiger partial charge < -0.3 is 11.1 Å². The Morgan fingerprint density at radius 2 is 1.85 bits per heavy atom. The molecule has 0 unspecified atom stereocenters. The van der Waals surface area contributed by atoms with E-state index in [9.17, 15) is 4.79 Å². The molecule has 3 nitrogen and oxygen atoms in total. The molecule has 2 rings (SSSR count). The van der Waals surface area contributed by atoms with Gasteiger partial charge in [0.2, 0.25) is 0 Å². The van der Waals surface area contributed by atoms with Crippen molar-refractivity contribution < 1.29 is 4.79 Å². The van der Waals surface area contributed by atoms with Crippen molar-refractivity contribution in [3.05, 3.63) is 63.6 Å². The maximum atomic E-state index is 12.3. The van der Waals surface area contributed by atoms with Gasteiger partial charge in [-0.05, 0) is 49.2 Å². The number of anilines is 1. The summed E-state index contributed by atoms with van der Waals surface area (Å²) in [6.07, 6.45) is 0. The number of benzene rings is 2. The maximum absolute atomic E-state index is 12.3. The molecule has 0 saturated carbocycles. The van der Waals surface area contributed by atoms with Crippen LogP contribution in [0.2, 0.25) is 0 Å². The standard InChI is InChI=1S/C16H17BrN2O/c1-10-14(4-3-5-15(10)18)16(20)19-11(2)12-6-8-13(17)9-7-12/h3-9,11H,18H2,1-2H3,(H,19,20)/t11-/m1/s1. The predicted octanol–water partition coefficient (Wildman–Crippen LogP) is 3.83. The van der Waals surface area contributed by atoms with Crippen LogP contribution in [-0.4, -0.2) is 5.91 Å². The number of hydrogen-bond donors (Lipinski definition) is 2. The summed E-state index contributed by atoms with van der Waals surface area (Å²) in [4.78, 5) is 12.3. The Morgan fingerprint density at radius 1 is 1.20 bits per heavy atom. The van der Waals surface area contributed by atoms with E-state index >= 15 is 0 Å². The Kier molecular flexibility index (Phi) is 4.45. The van der Waals surface area contributed by atoms with Gasteiger partial charge in [0, 0.05) is 15.7 Å². The van der Waals surface area contributed by atoms with E-state index in [1.165, 1.54) is 0 Å². The summed E-state index contributed by atoms with van der Waals surface area (Å²) < 4.78 is 1.02. The van der Waals surface area contributed by atoms with Crippen LogP contribution >= 0.6 is 15.9 Å². The molecule has 0 spiro atoms. The molecule has 2 aromatic rings. The van der Waals surface area contributed by atoms with Gasteiger partial charge in [-0.25, -0.2) is 0 Å². The quantitative estimate of drug-likeness (QED) is 0.839. The van der Waals surface area contributed by atoms with E-state index in [-0.39, 0.29) is 11.9 Å². The van der Waals surface area contributed by atoms with E-state index in [1.54, 1.807) is 18.2 Å². The van der Waals surface area contributed by atoms with E-state index in [0.717, 1.165) is 15.6 Å². The van der Waals surface area contributed by atoms with Crippen LogP contribution in [0, 0.1) is 6.92 Å². The van der Waals surface area contributed by atoms with Crippen LogP contribution in [0.5, 0.6) is 0 Å². The van der Waals surface area contributed by atoms with Gasteiger partial charge in [0.15, 0.2) is 0 Å². The Morgan fingerprint density at radius 3 is 2.50 bits per heavy atom. The molecule has 3 N–H and O–H groups in total. The van der Waals surface area contributed by atoms with Gasteiger partial charge in [-0.3, -0.25) is 4.79 Å². The first-order chi connectivity index (χ1) is 9.49. The van der Waals surface area contributed by atoms with Crippen LogP contribution in [0.3, 0.4) is 0 Å². The number of hydrogen-bond acceptors (Lipinski definition) is 2. The lowest BCUT2D eigenvalue weighted by Crippen LogP contribution is -2.27. The van der Waals surface area contributed by atoms with Crippen molar-refractivity contribution in [1.82, 2.24) is 5.32 Å². The van der Waals surface area contributed by atoms with E-state index in [4.69, 9.17) is 5.73 Å². The summed E-state index contributed by atoms with van der Waals surface area (Å²) in [7, 11) is 0. The number of halogens is 1. The van der Waals surface area contributed by atoms with Crippen LogP contribution in [0.25, 0.3) is 0 Å². The van der Waals surface area contributed by atoms with Gasteiger partial charge in [-0.15, -0.1) is 0 Å². The van der Waals surface area contributed by atoms with Crippen LogP contribution in [-0.2, 0) is 0 Å². The molecule has 104 valence electrons. The first kappa shape index (κ1) is 14.6. The normalized spacial score (nSPS) is 11.9. The van der Waals surface area contributed by atoms with Crippen molar-refractivity contribution in [2.75, 3.05) is 5.73 Å². The smallest absolute Gasteiger partial charge is 0.252 e. The number of carbonyl (C=O) groups excluding carboxylic acids is 1. The topological polar surface area (TPSA) is 55.1 Å². The number of nitrogens with two attached hydrogens (primary N) is 1. The van der Waals surface area contributed by atoms with Crippen LogP contribution in [0.4, 0.5) is 5.69 Å². The largest absolute Gasteiger partial charge is 0.398 e. The molecule has 0 saturated heterocycles. The fourth-order valence-corrected chi connectivity index (χ4v) is 2.27. The zero-order valence-corrected chi connectivity index (χ0v) is 13.1. The highest BCUT2D eigenvalue weighted by molar-refractivity contribution is 9.10. The molecule has 0 aromatic heterocycles. The number of carbonyl (C=O) groups is 1. The minimum atomic E-state index is -0.106. The summed E-state index contributed by atoms with van der Waals surface area (Å²) in [6, 6.07) is 13.2. The first-order valence-corrected chi connectivity index (χ1v) is 7.19. The summed E-state index contributed by atoms with van der Waals surface area (Å²) in [5.74, 6) is -0.106. The maximum Gasteiger partial charge on any atom is 0.252 e. The summed E-state index contributed by atoms with van der Waals surface area (Å²) in [5, 5.41) is 2.99. The molecule has 0 fully saturated rings. The molecule has 0 radical (unpaired) electrons. The molecule has 20 heavy (non-hydrogen) atoms. The fraction of sp³-hybridized carbons (Fsp3) is 0.188. The van der Waals surface area contributed by atoms with Gasteiger partial charge in [-0.1, -0.05) is 34.1 Å². The Bertz CT molecular complexity index is 623. The second kappa shape index (κ2) is 6.09. The molecular weight excluding hydrogens is 316 g/mol. The number of nitrogens with one attached hydrogen (secondary N) is 1. The zero-order valence-electron chi connectivity index (χ0n) is 11.5. The summed E-state index contributed by atoms with van der Waals surface area (Å²) in [6.45, 7) is 3.82. The van der Waals surface area contributed by atoms with Gasteiger partial charge in [0.05, 0.1) is 6.04 Å². The highest BCUT2D eigenvalue weighted by atomic mass is 79.9. The average Bonchev–Trinajstić information content (AvgIpc) is 2.42. The molecule has 0 aliphatic carbocycles. The highest BCUT2D eigenvalue weighted by Crippen LogP contribution is 2.19. The lowest BCUT2D eigenvalue weighted by atomic mass is 10.0. The van der Waals surface area contributed by atoms with Gasteiger partial charge >= 0.3 is 0 Å². The Hall–Kier alpha value is -1.81. The molecule has 0 aliphatic heterocycles. The third-order valence-electron chi connectivity index (χ3n) is 3.34. The monoisotopic (exact) mass is 332 g/mol. The van der Waals surface area contributed by atoms with Crippen molar-refractivity contribution in [3.8, 4) is 0 Å². The van der Waals surface area contributed by atoms with E-state index in [0.29, 0.717) is 11.3 Å². The predicted molar refractivity (Wildman–Crippen MR) is 85.6 cm³/mol. The van der Waals surface area contributed by atoms with Crippen molar-refractivity contribution in [2.24, 2.45) is 0 Å². The molecule has 2 aromatic carbocycles. The summed E-state index contributed by atoms with van der Waals surface area (Å²) >= 11 is 3.40. The second-order valence-electron chi connectivity index (χ2n) is 4.77. The van der Waals surface area contributed by atoms with Gasteiger partial charge in [0.25, 0.3) is 5.91 Å². The Balaban J connectivity index is 2.15. The lowest BCUT2D eigenvalue weighted by Gasteiger charge is -2.16. The van der Waals surface area contributed by atoms with Crippen molar-refractivity contribution in [2.45, 2.75) is 19.9 Å². The number of nitrogen functional groups attached to an aromatic ring is 1. The third kappa shape index (κ3) is 3.20. The van der Waals surface area contributed by atoms with E-state index in [1.807, 2.05) is 38.1 Å². The zero-order chi connectivity index (χ0) is 14.7. The molecule has 0 heterocycles. The van der Waals surface area contributed by atoms with E-state index in [2.05, 4.69) is 21.2 Å². The fourth-order valence-electron chi connectivity index (χ4n) is 2.01. The lowest BCUT2D eigenvalue weighted by molar-refractivity contribution is 0.0939.